The molecule has 6 nitrogen and oxygen atoms in total. The molecule has 27 heavy (non-hydrogen) atoms. The van der Waals surface area contributed by atoms with E-state index in [1.807, 2.05) is 12.1 Å². The monoisotopic (exact) mass is 388 g/mol. The van der Waals surface area contributed by atoms with E-state index in [-0.39, 0.29) is 11.8 Å². The van der Waals surface area contributed by atoms with E-state index in [0.29, 0.717) is 47.3 Å². The first kappa shape index (κ1) is 19.0. The smallest absolute Gasteiger partial charge is 0.253 e. The molecule has 0 aliphatic carbocycles. The Hall–Kier alpha value is -2.73. The Kier molecular flexibility index (Phi) is 5.86. The van der Waals surface area contributed by atoms with Crippen molar-refractivity contribution in [3.63, 3.8) is 0 Å². The molecule has 0 saturated carbocycles. The summed E-state index contributed by atoms with van der Waals surface area (Å²) in [5, 5.41) is 3.37. The number of carbonyl (C=O) groups is 2. The number of amides is 2. The third-order valence-corrected chi connectivity index (χ3v) is 4.70. The molecule has 2 amide bonds. The van der Waals surface area contributed by atoms with E-state index in [2.05, 4.69) is 5.32 Å². The lowest BCUT2D eigenvalue weighted by Gasteiger charge is -2.20. The van der Waals surface area contributed by atoms with E-state index in [9.17, 15) is 9.59 Å². The molecule has 0 unspecified atom stereocenters. The van der Waals surface area contributed by atoms with E-state index >= 15 is 0 Å². The molecule has 0 radical (unpaired) electrons. The van der Waals surface area contributed by atoms with Crippen molar-refractivity contribution >= 4 is 29.1 Å². The van der Waals surface area contributed by atoms with Crippen molar-refractivity contribution in [2.24, 2.45) is 0 Å². The number of hydrogen-bond acceptors (Lipinski definition) is 4. The Morgan fingerprint density at radius 1 is 1.15 bits per heavy atom. The zero-order valence-corrected chi connectivity index (χ0v) is 16.0. The predicted molar refractivity (Wildman–Crippen MR) is 104 cm³/mol. The lowest BCUT2D eigenvalue weighted by atomic mass is 10.1. The summed E-state index contributed by atoms with van der Waals surface area (Å²) in [6.07, 6.45) is 1.26. The van der Waals surface area contributed by atoms with Gasteiger partial charge in [0.15, 0.2) is 11.5 Å². The third kappa shape index (κ3) is 4.17. The summed E-state index contributed by atoms with van der Waals surface area (Å²) < 4.78 is 10.5. The van der Waals surface area contributed by atoms with Crippen LogP contribution < -0.4 is 19.7 Å². The Labute approximate surface area is 163 Å². The first-order chi connectivity index (χ1) is 13.0. The minimum atomic E-state index is -0.267. The fourth-order valence-corrected chi connectivity index (χ4v) is 3.26. The topological polar surface area (TPSA) is 67.9 Å². The molecule has 0 spiro atoms. The number of methoxy groups -OCH3 is 2. The molecule has 2 aromatic rings. The van der Waals surface area contributed by atoms with Crippen molar-refractivity contribution in [3.05, 3.63) is 52.5 Å². The molecular formula is C20H21ClN2O4. The van der Waals surface area contributed by atoms with Crippen LogP contribution in [0.2, 0.25) is 5.02 Å². The normalized spacial score (nSPS) is 13.6. The van der Waals surface area contributed by atoms with Gasteiger partial charge in [0, 0.05) is 24.5 Å². The summed E-state index contributed by atoms with van der Waals surface area (Å²) in [7, 11) is 3.13. The molecule has 1 saturated heterocycles. The van der Waals surface area contributed by atoms with Gasteiger partial charge in [-0.25, -0.2) is 0 Å². The van der Waals surface area contributed by atoms with Crippen LogP contribution in [0.25, 0.3) is 0 Å². The molecule has 1 heterocycles. The van der Waals surface area contributed by atoms with Gasteiger partial charge in [-0.2, -0.15) is 0 Å². The minimum Gasteiger partial charge on any atom is -0.493 e. The quantitative estimate of drug-likeness (QED) is 0.823. The van der Waals surface area contributed by atoms with E-state index in [1.165, 1.54) is 0 Å². The molecule has 1 aliphatic heterocycles. The van der Waals surface area contributed by atoms with Crippen LogP contribution in [0.4, 0.5) is 5.69 Å². The Balaban J connectivity index is 1.78. The number of rotatable bonds is 6. The fraction of sp³-hybridized carbons (Fsp3) is 0.300. The van der Waals surface area contributed by atoms with Crippen LogP contribution in [0, 0.1) is 0 Å². The third-order valence-electron chi connectivity index (χ3n) is 4.47. The zero-order valence-electron chi connectivity index (χ0n) is 15.3. The van der Waals surface area contributed by atoms with Gasteiger partial charge >= 0.3 is 0 Å². The van der Waals surface area contributed by atoms with Crippen LogP contribution >= 0.6 is 11.6 Å². The van der Waals surface area contributed by atoms with Gasteiger partial charge < -0.3 is 19.7 Å². The highest BCUT2D eigenvalue weighted by atomic mass is 35.5. The van der Waals surface area contributed by atoms with Crippen molar-refractivity contribution in [2.45, 2.75) is 19.4 Å². The van der Waals surface area contributed by atoms with Crippen LogP contribution in [-0.4, -0.2) is 32.6 Å². The molecule has 7 heteroatoms. The van der Waals surface area contributed by atoms with Gasteiger partial charge in [0.25, 0.3) is 5.91 Å². The van der Waals surface area contributed by atoms with Gasteiger partial charge in [0.2, 0.25) is 5.91 Å². The predicted octanol–water partition coefficient (Wildman–Crippen LogP) is 3.41. The van der Waals surface area contributed by atoms with Gasteiger partial charge in [-0.3, -0.25) is 9.59 Å². The maximum atomic E-state index is 12.7. The highest BCUT2D eigenvalue weighted by molar-refractivity contribution is 6.31. The van der Waals surface area contributed by atoms with Gasteiger partial charge in [0.05, 0.1) is 25.5 Å². The van der Waals surface area contributed by atoms with Crippen molar-refractivity contribution in [1.29, 1.82) is 0 Å². The van der Waals surface area contributed by atoms with Crippen LogP contribution in [-0.2, 0) is 11.3 Å². The zero-order chi connectivity index (χ0) is 19.4. The fourth-order valence-electron chi connectivity index (χ4n) is 3.09. The van der Waals surface area contributed by atoms with Crippen molar-refractivity contribution < 1.29 is 19.1 Å². The van der Waals surface area contributed by atoms with Gasteiger partial charge in [0.1, 0.15) is 0 Å². The molecule has 1 fully saturated rings. The lowest BCUT2D eigenvalue weighted by Crippen LogP contribution is -2.29. The number of ether oxygens (including phenoxy) is 2. The van der Waals surface area contributed by atoms with E-state index < -0.39 is 0 Å². The average Bonchev–Trinajstić information content (AvgIpc) is 3.11. The molecule has 1 N–H and O–H groups in total. The SMILES string of the molecule is COc1ccc(CNC(=O)c2ccc(Cl)cc2N2CCCC2=O)cc1OC. The van der Waals surface area contributed by atoms with Gasteiger partial charge in [-0.05, 0) is 42.3 Å². The van der Waals surface area contributed by atoms with E-state index in [0.717, 1.165) is 12.0 Å². The van der Waals surface area contributed by atoms with E-state index in [4.69, 9.17) is 21.1 Å². The number of carbonyl (C=O) groups excluding carboxylic acids is 2. The highest BCUT2D eigenvalue weighted by Crippen LogP contribution is 2.29. The van der Waals surface area contributed by atoms with Gasteiger partial charge in [-0.15, -0.1) is 0 Å². The number of anilines is 1. The maximum absolute atomic E-state index is 12.7. The first-order valence-corrected chi connectivity index (χ1v) is 9.00. The average molecular weight is 389 g/mol. The van der Waals surface area contributed by atoms with Crippen molar-refractivity contribution in [2.75, 3.05) is 25.7 Å². The Morgan fingerprint density at radius 3 is 2.59 bits per heavy atom. The second-order valence-corrected chi connectivity index (χ2v) is 6.62. The number of nitrogens with one attached hydrogen (secondary N) is 1. The number of hydrogen-bond donors (Lipinski definition) is 1. The van der Waals surface area contributed by atoms with Crippen molar-refractivity contribution in [1.82, 2.24) is 5.32 Å². The largest absolute Gasteiger partial charge is 0.493 e. The van der Waals surface area contributed by atoms with E-state index in [1.54, 1.807) is 43.4 Å². The van der Waals surface area contributed by atoms with Crippen molar-refractivity contribution in [3.8, 4) is 11.5 Å². The molecule has 0 aromatic heterocycles. The molecule has 2 aromatic carbocycles. The number of halogens is 1. The molecule has 0 bridgehead atoms. The summed E-state index contributed by atoms with van der Waals surface area (Å²) >= 11 is 6.09. The van der Waals surface area contributed by atoms with Crippen LogP contribution in [0.3, 0.4) is 0 Å². The number of nitrogens with zero attached hydrogens (tertiary/aromatic N) is 1. The summed E-state index contributed by atoms with van der Waals surface area (Å²) in [6, 6.07) is 10.4. The molecule has 1 aliphatic rings. The molecule has 0 atom stereocenters. The Bertz CT molecular complexity index is 869. The summed E-state index contributed by atoms with van der Waals surface area (Å²) in [4.78, 5) is 26.5. The summed E-state index contributed by atoms with van der Waals surface area (Å²) in [6.45, 7) is 0.907. The number of benzene rings is 2. The second kappa shape index (κ2) is 8.31. The van der Waals surface area contributed by atoms with Crippen LogP contribution in [0.5, 0.6) is 11.5 Å². The first-order valence-electron chi connectivity index (χ1n) is 8.62. The standard InChI is InChI=1S/C20H21ClN2O4/c1-26-17-8-5-13(10-18(17)27-2)12-22-20(25)15-7-6-14(21)11-16(15)23-9-3-4-19(23)24/h5-8,10-11H,3-4,9,12H2,1-2H3,(H,22,25). The lowest BCUT2D eigenvalue weighted by molar-refractivity contribution is -0.117. The molecule has 3 rings (SSSR count). The van der Waals surface area contributed by atoms with Gasteiger partial charge in [-0.1, -0.05) is 17.7 Å². The van der Waals surface area contributed by atoms with Crippen LogP contribution in [0.15, 0.2) is 36.4 Å². The highest BCUT2D eigenvalue weighted by Gasteiger charge is 2.26. The van der Waals surface area contributed by atoms with Crippen LogP contribution in [0.1, 0.15) is 28.8 Å². The maximum Gasteiger partial charge on any atom is 0.253 e. The Morgan fingerprint density at radius 2 is 1.93 bits per heavy atom. The molecule has 142 valence electrons. The summed E-state index contributed by atoms with van der Waals surface area (Å²) in [5.41, 5.74) is 1.85. The molecular weight excluding hydrogens is 368 g/mol. The second-order valence-electron chi connectivity index (χ2n) is 6.18. The minimum absolute atomic E-state index is 0.00575. The summed E-state index contributed by atoms with van der Waals surface area (Å²) in [5.74, 6) is 0.960.